The Morgan fingerprint density at radius 1 is 0.724 bits per heavy atom. The monoisotopic (exact) mass is 444 g/mol. The summed E-state index contributed by atoms with van der Waals surface area (Å²) in [5.74, 6) is 0.0190. The quantitative estimate of drug-likeness (QED) is 0.150. The third kappa shape index (κ3) is 14.4. The van der Waals surface area contributed by atoms with Gasteiger partial charge in [-0.05, 0) is 37.5 Å². The SMILES string of the molecule is CCCCCCCOC(=O)CCCCCCCCC(=O)Oc1cc(Cl)cc(Cl)c1. The zero-order valence-electron chi connectivity index (χ0n) is 17.5. The summed E-state index contributed by atoms with van der Waals surface area (Å²) in [7, 11) is 0. The van der Waals surface area contributed by atoms with Gasteiger partial charge in [-0.25, -0.2) is 0 Å². The molecule has 1 rings (SSSR count). The topological polar surface area (TPSA) is 52.6 Å². The van der Waals surface area contributed by atoms with Crippen LogP contribution in [0, 0.1) is 0 Å². The maximum Gasteiger partial charge on any atom is 0.311 e. The summed E-state index contributed by atoms with van der Waals surface area (Å²) in [4.78, 5) is 23.5. The lowest BCUT2D eigenvalue weighted by atomic mass is 10.1. The number of rotatable bonds is 16. The highest BCUT2D eigenvalue weighted by Crippen LogP contribution is 2.24. The molecule has 29 heavy (non-hydrogen) atoms. The molecule has 0 amide bonds. The maximum atomic E-state index is 11.8. The number of benzene rings is 1. The van der Waals surface area contributed by atoms with Crippen LogP contribution in [0.5, 0.6) is 5.75 Å². The van der Waals surface area contributed by atoms with E-state index in [0.717, 1.165) is 51.4 Å². The van der Waals surface area contributed by atoms with Crippen molar-refractivity contribution >= 4 is 35.1 Å². The van der Waals surface area contributed by atoms with Crippen molar-refractivity contribution in [1.29, 1.82) is 0 Å². The van der Waals surface area contributed by atoms with Gasteiger partial charge >= 0.3 is 11.9 Å². The standard InChI is InChI=1S/C23H34Cl2O4/c1-2-3-4-9-12-15-28-22(26)13-10-7-5-6-8-11-14-23(27)29-21-17-19(24)16-20(25)18-21/h16-18H,2-15H2,1H3. The molecule has 6 heteroatoms. The average molecular weight is 445 g/mol. The van der Waals surface area contributed by atoms with E-state index in [1.165, 1.54) is 19.3 Å². The van der Waals surface area contributed by atoms with E-state index in [4.69, 9.17) is 32.7 Å². The van der Waals surface area contributed by atoms with Gasteiger partial charge in [-0.2, -0.15) is 0 Å². The Kier molecular flexibility index (Phi) is 14.7. The number of carbonyl (C=O) groups excluding carboxylic acids is 2. The molecule has 0 spiro atoms. The first-order chi connectivity index (χ1) is 14.0. The fourth-order valence-electron chi connectivity index (χ4n) is 2.98. The molecule has 0 atom stereocenters. The van der Waals surface area contributed by atoms with E-state index in [9.17, 15) is 9.59 Å². The molecule has 1 aromatic rings. The molecule has 4 nitrogen and oxygen atoms in total. The van der Waals surface area contributed by atoms with E-state index in [0.29, 0.717) is 35.2 Å². The number of hydrogen-bond donors (Lipinski definition) is 0. The van der Waals surface area contributed by atoms with Gasteiger partial charge < -0.3 is 9.47 Å². The lowest BCUT2D eigenvalue weighted by Gasteiger charge is -2.06. The van der Waals surface area contributed by atoms with Crippen LogP contribution in [0.15, 0.2) is 18.2 Å². The Balaban J connectivity index is 1.94. The van der Waals surface area contributed by atoms with E-state index < -0.39 is 0 Å². The molecule has 0 radical (unpaired) electrons. The van der Waals surface area contributed by atoms with E-state index >= 15 is 0 Å². The molecule has 0 saturated heterocycles. The van der Waals surface area contributed by atoms with Gasteiger partial charge in [0.2, 0.25) is 0 Å². The van der Waals surface area contributed by atoms with Crippen molar-refractivity contribution in [1.82, 2.24) is 0 Å². The summed E-state index contributed by atoms with van der Waals surface area (Å²) >= 11 is 11.8. The third-order valence-electron chi connectivity index (χ3n) is 4.59. The van der Waals surface area contributed by atoms with Crippen LogP contribution in [-0.2, 0) is 14.3 Å². The molecule has 0 N–H and O–H groups in total. The van der Waals surface area contributed by atoms with E-state index in [2.05, 4.69) is 6.92 Å². The first-order valence-electron chi connectivity index (χ1n) is 10.8. The summed E-state index contributed by atoms with van der Waals surface area (Å²) < 4.78 is 10.5. The third-order valence-corrected chi connectivity index (χ3v) is 5.03. The van der Waals surface area contributed by atoms with Crippen LogP contribution >= 0.6 is 23.2 Å². The minimum absolute atomic E-state index is 0.0793. The molecule has 0 aliphatic carbocycles. The normalized spacial score (nSPS) is 10.7. The fourth-order valence-corrected chi connectivity index (χ4v) is 3.49. The Labute approximate surface area is 185 Å². The van der Waals surface area contributed by atoms with Crippen molar-refractivity contribution in [2.75, 3.05) is 6.61 Å². The van der Waals surface area contributed by atoms with Crippen LogP contribution in [0.2, 0.25) is 10.0 Å². The van der Waals surface area contributed by atoms with Gasteiger partial charge in [0.1, 0.15) is 5.75 Å². The number of esters is 2. The van der Waals surface area contributed by atoms with E-state index in [-0.39, 0.29) is 11.9 Å². The first-order valence-corrected chi connectivity index (χ1v) is 11.6. The van der Waals surface area contributed by atoms with Crippen molar-refractivity contribution in [3.05, 3.63) is 28.2 Å². The Hall–Kier alpha value is -1.26. The molecule has 0 aliphatic rings. The van der Waals surface area contributed by atoms with Crippen LogP contribution in [0.25, 0.3) is 0 Å². The second kappa shape index (κ2) is 16.5. The molecular weight excluding hydrogens is 411 g/mol. The summed E-state index contributed by atoms with van der Waals surface area (Å²) in [6.07, 6.45) is 12.4. The molecule has 0 aromatic heterocycles. The van der Waals surface area contributed by atoms with Gasteiger partial charge in [-0.15, -0.1) is 0 Å². The van der Waals surface area contributed by atoms with Crippen LogP contribution < -0.4 is 4.74 Å². The molecule has 0 aliphatic heterocycles. The van der Waals surface area contributed by atoms with Crippen LogP contribution in [0.1, 0.15) is 90.4 Å². The van der Waals surface area contributed by atoms with Crippen LogP contribution in [0.4, 0.5) is 0 Å². The minimum atomic E-state index is -0.277. The van der Waals surface area contributed by atoms with Gasteiger partial charge in [0.15, 0.2) is 0 Å². The van der Waals surface area contributed by atoms with Crippen LogP contribution in [-0.4, -0.2) is 18.5 Å². The maximum absolute atomic E-state index is 11.8. The highest BCUT2D eigenvalue weighted by molar-refractivity contribution is 6.34. The molecule has 1 aromatic carbocycles. The summed E-state index contributed by atoms with van der Waals surface area (Å²) in [6.45, 7) is 2.74. The molecule has 0 bridgehead atoms. The average Bonchev–Trinajstić information content (AvgIpc) is 2.65. The number of unbranched alkanes of at least 4 members (excludes halogenated alkanes) is 9. The van der Waals surface area contributed by atoms with Crippen molar-refractivity contribution in [2.45, 2.75) is 90.4 Å². The Morgan fingerprint density at radius 2 is 1.24 bits per heavy atom. The van der Waals surface area contributed by atoms with Crippen molar-refractivity contribution in [3.63, 3.8) is 0 Å². The molecule has 0 heterocycles. The Morgan fingerprint density at radius 3 is 1.86 bits per heavy atom. The highest BCUT2D eigenvalue weighted by Gasteiger charge is 2.07. The van der Waals surface area contributed by atoms with Gasteiger partial charge in [0.25, 0.3) is 0 Å². The fraction of sp³-hybridized carbons (Fsp3) is 0.652. The molecule has 0 unspecified atom stereocenters. The first kappa shape index (κ1) is 25.8. The van der Waals surface area contributed by atoms with Crippen molar-refractivity contribution < 1.29 is 19.1 Å². The summed E-state index contributed by atoms with van der Waals surface area (Å²) in [6, 6.07) is 4.74. The molecule has 0 fully saturated rings. The van der Waals surface area contributed by atoms with Gasteiger partial charge in [0.05, 0.1) is 6.61 Å². The Bertz CT molecular complexity index is 584. The van der Waals surface area contributed by atoms with E-state index in [1.54, 1.807) is 18.2 Å². The van der Waals surface area contributed by atoms with Crippen molar-refractivity contribution in [3.8, 4) is 5.75 Å². The lowest BCUT2D eigenvalue weighted by Crippen LogP contribution is -2.07. The molecule has 0 saturated carbocycles. The summed E-state index contributed by atoms with van der Waals surface area (Å²) in [5.41, 5.74) is 0. The second-order valence-corrected chi connectivity index (χ2v) is 8.21. The highest BCUT2D eigenvalue weighted by atomic mass is 35.5. The van der Waals surface area contributed by atoms with Crippen LogP contribution in [0.3, 0.4) is 0 Å². The lowest BCUT2D eigenvalue weighted by molar-refractivity contribution is -0.144. The summed E-state index contributed by atoms with van der Waals surface area (Å²) in [5, 5.41) is 0.882. The van der Waals surface area contributed by atoms with Gasteiger partial charge in [-0.1, -0.05) is 81.5 Å². The smallest absolute Gasteiger partial charge is 0.311 e. The molecular formula is C23H34Cl2O4. The number of hydrogen-bond acceptors (Lipinski definition) is 4. The predicted molar refractivity (Wildman–Crippen MR) is 119 cm³/mol. The molecule has 164 valence electrons. The van der Waals surface area contributed by atoms with Gasteiger partial charge in [0, 0.05) is 22.9 Å². The largest absolute Gasteiger partial charge is 0.466 e. The number of halogens is 2. The van der Waals surface area contributed by atoms with Gasteiger partial charge in [-0.3, -0.25) is 9.59 Å². The zero-order valence-corrected chi connectivity index (χ0v) is 19.0. The number of ether oxygens (including phenoxy) is 2. The second-order valence-electron chi connectivity index (χ2n) is 7.34. The van der Waals surface area contributed by atoms with Crippen molar-refractivity contribution in [2.24, 2.45) is 0 Å². The minimum Gasteiger partial charge on any atom is -0.466 e. The number of carbonyl (C=O) groups is 2. The predicted octanol–water partition coefficient (Wildman–Crippen LogP) is 7.53. The zero-order chi connectivity index (χ0) is 21.3. The van der Waals surface area contributed by atoms with E-state index in [1.807, 2.05) is 0 Å².